The fraction of sp³-hybridized carbons (Fsp3) is 0.421. The molecule has 3 rings (SSSR count). The quantitative estimate of drug-likeness (QED) is 0.722. The number of hydrogen-bond acceptors (Lipinski definition) is 4. The first-order valence-electron chi connectivity index (χ1n) is 8.67. The largest absolute Gasteiger partial charge is 0.396 e. The van der Waals surface area contributed by atoms with Crippen molar-refractivity contribution in [1.29, 1.82) is 0 Å². The Kier molecular flexibility index (Phi) is 5.28. The zero-order chi connectivity index (χ0) is 17.7. The van der Waals surface area contributed by atoms with Gasteiger partial charge in [-0.2, -0.15) is 0 Å². The minimum absolute atomic E-state index is 0.0574. The number of nitrogens with zero attached hydrogens (tertiary/aromatic N) is 2. The van der Waals surface area contributed by atoms with Gasteiger partial charge in [-0.1, -0.05) is 37.3 Å². The monoisotopic (exact) mass is 340 g/mol. The SMILES string of the molecule is CC1(c2nccc(NC(=O)NC(CCCO)c3ccccc3)n2)CC1. The highest BCUT2D eigenvalue weighted by Gasteiger charge is 2.42. The Hall–Kier alpha value is -2.47. The summed E-state index contributed by atoms with van der Waals surface area (Å²) in [5.74, 6) is 1.29. The Labute approximate surface area is 147 Å². The molecule has 1 heterocycles. The van der Waals surface area contributed by atoms with Crippen molar-refractivity contribution < 1.29 is 9.90 Å². The van der Waals surface area contributed by atoms with Crippen LogP contribution in [0.2, 0.25) is 0 Å². The second kappa shape index (κ2) is 7.61. The number of amides is 2. The van der Waals surface area contributed by atoms with Crippen molar-refractivity contribution in [2.24, 2.45) is 0 Å². The molecule has 1 atom stereocenters. The number of carbonyl (C=O) groups is 1. The van der Waals surface area contributed by atoms with Gasteiger partial charge in [-0.15, -0.1) is 0 Å². The van der Waals surface area contributed by atoms with Crippen LogP contribution in [0.1, 0.15) is 50.0 Å². The van der Waals surface area contributed by atoms with Crippen LogP contribution in [0.3, 0.4) is 0 Å². The van der Waals surface area contributed by atoms with Gasteiger partial charge in [-0.25, -0.2) is 14.8 Å². The van der Waals surface area contributed by atoms with E-state index in [2.05, 4.69) is 27.5 Å². The van der Waals surface area contributed by atoms with Crippen LogP contribution in [0.4, 0.5) is 10.6 Å². The number of benzene rings is 1. The normalized spacial score (nSPS) is 16.1. The van der Waals surface area contributed by atoms with Gasteiger partial charge in [0.2, 0.25) is 0 Å². The lowest BCUT2D eigenvalue weighted by atomic mass is 10.0. The molecule has 2 amide bonds. The number of aliphatic hydroxyl groups is 1. The molecule has 1 aromatic carbocycles. The minimum atomic E-state index is -0.308. The lowest BCUT2D eigenvalue weighted by Crippen LogP contribution is -2.33. The predicted octanol–water partition coefficient (Wildman–Crippen LogP) is 3.16. The van der Waals surface area contributed by atoms with Crippen molar-refractivity contribution in [2.75, 3.05) is 11.9 Å². The van der Waals surface area contributed by atoms with Crippen molar-refractivity contribution in [3.05, 3.63) is 54.0 Å². The van der Waals surface area contributed by atoms with Gasteiger partial charge < -0.3 is 10.4 Å². The highest BCUT2D eigenvalue weighted by atomic mass is 16.3. The summed E-state index contributed by atoms with van der Waals surface area (Å²) in [6.07, 6.45) is 5.14. The molecule has 6 heteroatoms. The number of anilines is 1. The lowest BCUT2D eigenvalue weighted by Gasteiger charge is -2.19. The smallest absolute Gasteiger partial charge is 0.320 e. The number of nitrogens with one attached hydrogen (secondary N) is 2. The summed E-state index contributed by atoms with van der Waals surface area (Å²) in [5.41, 5.74) is 1.07. The van der Waals surface area contributed by atoms with Crippen molar-refractivity contribution in [1.82, 2.24) is 15.3 Å². The third-order valence-corrected chi connectivity index (χ3v) is 4.60. The van der Waals surface area contributed by atoms with Crippen molar-refractivity contribution in [3.8, 4) is 0 Å². The van der Waals surface area contributed by atoms with Crippen LogP contribution in [-0.2, 0) is 5.41 Å². The highest BCUT2D eigenvalue weighted by Crippen LogP contribution is 2.45. The van der Waals surface area contributed by atoms with Gasteiger partial charge in [0.15, 0.2) is 0 Å². The molecule has 1 fully saturated rings. The van der Waals surface area contributed by atoms with E-state index in [0.29, 0.717) is 18.7 Å². The third kappa shape index (κ3) is 4.54. The molecule has 2 aromatic rings. The first kappa shape index (κ1) is 17.4. The van der Waals surface area contributed by atoms with Crippen LogP contribution >= 0.6 is 0 Å². The van der Waals surface area contributed by atoms with E-state index in [9.17, 15) is 4.79 Å². The van der Waals surface area contributed by atoms with Crippen molar-refractivity contribution in [2.45, 2.75) is 44.1 Å². The minimum Gasteiger partial charge on any atom is -0.396 e. The Bertz CT molecular complexity index is 716. The molecule has 1 aliphatic rings. The van der Waals surface area contributed by atoms with Crippen LogP contribution in [0, 0.1) is 0 Å². The zero-order valence-corrected chi connectivity index (χ0v) is 14.4. The van der Waals surface area contributed by atoms with Crippen LogP contribution in [-0.4, -0.2) is 27.7 Å². The second-order valence-corrected chi connectivity index (χ2v) is 6.75. The van der Waals surface area contributed by atoms with Gasteiger partial charge in [0.05, 0.1) is 6.04 Å². The topological polar surface area (TPSA) is 87.1 Å². The predicted molar refractivity (Wildman–Crippen MR) is 96.3 cm³/mol. The van der Waals surface area contributed by atoms with E-state index in [4.69, 9.17) is 5.11 Å². The average molecular weight is 340 g/mol. The molecule has 1 saturated carbocycles. The molecular weight excluding hydrogens is 316 g/mol. The third-order valence-electron chi connectivity index (χ3n) is 4.60. The van der Waals surface area contributed by atoms with Crippen molar-refractivity contribution in [3.63, 3.8) is 0 Å². The number of carbonyl (C=O) groups excluding carboxylic acids is 1. The van der Waals surface area contributed by atoms with E-state index >= 15 is 0 Å². The first-order valence-corrected chi connectivity index (χ1v) is 8.67. The summed E-state index contributed by atoms with van der Waals surface area (Å²) in [6, 6.07) is 11.0. The first-order chi connectivity index (χ1) is 12.1. The van der Waals surface area contributed by atoms with E-state index in [0.717, 1.165) is 24.2 Å². The average Bonchev–Trinajstić information content (AvgIpc) is 3.38. The fourth-order valence-electron chi connectivity index (χ4n) is 2.74. The van der Waals surface area contributed by atoms with Gasteiger partial charge >= 0.3 is 6.03 Å². The van der Waals surface area contributed by atoms with E-state index in [1.165, 1.54) is 0 Å². The molecular formula is C19H24N4O2. The molecule has 0 radical (unpaired) electrons. The molecule has 6 nitrogen and oxygen atoms in total. The Balaban J connectivity index is 1.65. The van der Waals surface area contributed by atoms with Gasteiger partial charge in [0.25, 0.3) is 0 Å². The summed E-state index contributed by atoms with van der Waals surface area (Å²) in [4.78, 5) is 21.2. The summed E-state index contributed by atoms with van der Waals surface area (Å²) >= 11 is 0. The maximum atomic E-state index is 12.4. The molecule has 25 heavy (non-hydrogen) atoms. The van der Waals surface area contributed by atoms with Crippen LogP contribution in [0.25, 0.3) is 0 Å². The van der Waals surface area contributed by atoms with Gasteiger partial charge in [-0.05, 0) is 37.3 Å². The summed E-state index contributed by atoms with van der Waals surface area (Å²) in [5, 5.41) is 14.9. The summed E-state index contributed by atoms with van der Waals surface area (Å²) in [7, 11) is 0. The molecule has 1 unspecified atom stereocenters. The number of rotatable bonds is 7. The molecule has 1 aromatic heterocycles. The maximum absolute atomic E-state index is 12.4. The molecule has 132 valence electrons. The Morgan fingerprint density at radius 3 is 2.72 bits per heavy atom. The van der Waals surface area contributed by atoms with Crippen LogP contribution in [0.15, 0.2) is 42.6 Å². The molecule has 1 aliphatic carbocycles. The fourth-order valence-corrected chi connectivity index (χ4v) is 2.74. The highest BCUT2D eigenvalue weighted by molar-refractivity contribution is 5.88. The lowest BCUT2D eigenvalue weighted by molar-refractivity contribution is 0.243. The van der Waals surface area contributed by atoms with Crippen LogP contribution < -0.4 is 10.6 Å². The van der Waals surface area contributed by atoms with Crippen LogP contribution in [0.5, 0.6) is 0 Å². The van der Waals surface area contributed by atoms with Gasteiger partial charge in [-0.3, -0.25) is 5.32 Å². The summed E-state index contributed by atoms with van der Waals surface area (Å²) in [6.45, 7) is 2.23. The molecule has 0 spiro atoms. The Morgan fingerprint density at radius 1 is 1.28 bits per heavy atom. The standard InChI is InChI=1S/C19H24N4O2/c1-19(10-11-19)17-20-12-9-16(22-17)23-18(25)21-15(8-5-13-24)14-6-3-2-4-7-14/h2-4,6-7,9,12,15,24H,5,8,10-11,13H2,1H3,(H2,20,21,22,23,25). The molecule has 0 saturated heterocycles. The number of hydrogen-bond donors (Lipinski definition) is 3. The molecule has 3 N–H and O–H groups in total. The van der Waals surface area contributed by atoms with Gasteiger partial charge in [0, 0.05) is 18.2 Å². The van der Waals surface area contributed by atoms with E-state index in [-0.39, 0.29) is 24.1 Å². The van der Waals surface area contributed by atoms with E-state index in [1.54, 1.807) is 12.3 Å². The number of aliphatic hydroxyl groups excluding tert-OH is 1. The zero-order valence-electron chi connectivity index (χ0n) is 14.4. The number of aromatic nitrogens is 2. The summed E-state index contributed by atoms with van der Waals surface area (Å²) < 4.78 is 0. The Morgan fingerprint density at radius 2 is 2.04 bits per heavy atom. The van der Waals surface area contributed by atoms with Crippen molar-refractivity contribution >= 4 is 11.8 Å². The molecule has 0 bridgehead atoms. The van der Waals surface area contributed by atoms with E-state index in [1.807, 2.05) is 30.3 Å². The van der Waals surface area contributed by atoms with Gasteiger partial charge in [0.1, 0.15) is 11.6 Å². The second-order valence-electron chi connectivity index (χ2n) is 6.75. The molecule has 0 aliphatic heterocycles. The number of urea groups is 1. The maximum Gasteiger partial charge on any atom is 0.320 e. The van der Waals surface area contributed by atoms with E-state index < -0.39 is 0 Å².